The number of benzene rings is 2. The molecule has 0 saturated heterocycles. The van der Waals surface area contributed by atoms with Crippen molar-refractivity contribution in [2.45, 2.75) is 19.9 Å². The van der Waals surface area contributed by atoms with E-state index in [-0.39, 0.29) is 0 Å². The summed E-state index contributed by atoms with van der Waals surface area (Å²) in [5, 5.41) is 3.12. The molecular formula is C19H25N3O2. The number of guanidine groups is 1. The van der Waals surface area contributed by atoms with Crippen molar-refractivity contribution in [1.29, 1.82) is 0 Å². The Labute approximate surface area is 143 Å². The molecule has 0 spiro atoms. The van der Waals surface area contributed by atoms with E-state index in [1.54, 1.807) is 7.11 Å². The summed E-state index contributed by atoms with van der Waals surface area (Å²) in [7, 11) is 1.65. The summed E-state index contributed by atoms with van der Waals surface area (Å²) in [6, 6.07) is 16.0. The van der Waals surface area contributed by atoms with Gasteiger partial charge >= 0.3 is 0 Å². The van der Waals surface area contributed by atoms with Crippen molar-refractivity contribution >= 4 is 11.6 Å². The minimum atomic E-state index is 0.406. The zero-order valence-electron chi connectivity index (χ0n) is 14.3. The first-order valence-electron chi connectivity index (χ1n) is 8.08. The Balaban J connectivity index is 1.87. The molecular weight excluding hydrogens is 302 g/mol. The van der Waals surface area contributed by atoms with Crippen molar-refractivity contribution in [2.24, 2.45) is 10.7 Å². The highest BCUT2D eigenvalue weighted by Gasteiger charge is 1.98. The van der Waals surface area contributed by atoms with Gasteiger partial charge in [0.2, 0.25) is 0 Å². The molecule has 128 valence electrons. The predicted molar refractivity (Wildman–Crippen MR) is 98.6 cm³/mol. The number of nitrogens with zero attached hydrogens (tertiary/aromatic N) is 1. The Morgan fingerprint density at radius 2 is 1.88 bits per heavy atom. The molecule has 0 aliphatic carbocycles. The van der Waals surface area contributed by atoms with E-state index in [1.165, 1.54) is 5.56 Å². The fourth-order valence-electron chi connectivity index (χ4n) is 2.17. The first-order valence-corrected chi connectivity index (χ1v) is 8.08. The van der Waals surface area contributed by atoms with Crippen LogP contribution >= 0.6 is 0 Å². The van der Waals surface area contributed by atoms with Crippen molar-refractivity contribution in [3.05, 3.63) is 59.7 Å². The van der Waals surface area contributed by atoms with Gasteiger partial charge in [0.05, 0.1) is 13.2 Å². The SMILES string of the molecule is CCc1cccc(NC(N)=NCc2ccc(OCCOC)cc2)c1. The number of anilines is 1. The van der Waals surface area contributed by atoms with Crippen LogP contribution in [0.15, 0.2) is 53.5 Å². The highest BCUT2D eigenvalue weighted by atomic mass is 16.5. The van der Waals surface area contributed by atoms with Gasteiger partial charge in [0, 0.05) is 12.8 Å². The summed E-state index contributed by atoms with van der Waals surface area (Å²) in [4.78, 5) is 4.37. The van der Waals surface area contributed by atoms with Crippen molar-refractivity contribution in [2.75, 3.05) is 25.6 Å². The molecule has 0 aromatic heterocycles. The monoisotopic (exact) mass is 327 g/mol. The minimum absolute atomic E-state index is 0.406. The Kier molecular flexibility index (Phi) is 7.11. The third kappa shape index (κ3) is 5.93. The van der Waals surface area contributed by atoms with Crippen LogP contribution in [0.1, 0.15) is 18.1 Å². The lowest BCUT2D eigenvalue weighted by Gasteiger charge is -2.08. The van der Waals surface area contributed by atoms with Crippen LogP contribution in [0.5, 0.6) is 5.75 Å². The molecule has 0 atom stereocenters. The minimum Gasteiger partial charge on any atom is -0.491 e. The molecule has 0 bridgehead atoms. The topological polar surface area (TPSA) is 68.9 Å². The maximum atomic E-state index is 5.96. The summed E-state index contributed by atoms with van der Waals surface area (Å²) in [6.45, 7) is 3.76. The summed E-state index contributed by atoms with van der Waals surface area (Å²) < 4.78 is 10.5. The number of aliphatic imine (C=N–C) groups is 1. The number of ether oxygens (including phenoxy) is 2. The number of methoxy groups -OCH3 is 1. The van der Waals surface area contributed by atoms with Crippen LogP contribution < -0.4 is 15.8 Å². The van der Waals surface area contributed by atoms with E-state index in [2.05, 4.69) is 29.4 Å². The van der Waals surface area contributed by atoms with Crippen molar-refractivity contribution in [1.82, 2.24) is 0 Å². The molecule has 5 nitrogen and oxygen atoms in total. The molecule has 0 radical (unpaired) electrons. The van der Waals surface area contributed by atoms with Crippen LogP contribution in [0.2, 0.25) is 0 Å². The van der Waals surface area contributed by atoms with Crippen molar-refractivity contribution in [3.8, 4) is 5.75 Å². The quantitative estimate of drug-likeness (QED) is 0.444. The van der Waals surface area contributed by atoms with Gasteiger partial charge in [-0.25, -0.2) is 4.99 Å². The van der Waals surface area contributed by atoms with Gasteiger partial charge in [0.1, 0.15) is 12.4 Å². The Hall–Kier alpha value is -2.53. The van der Waals surface area contributed by atoms with Crippen molar-refractivity contribution < 1.29 is 9.47 Å². The normalized spacial score (nSPS) is 11.3. The lowest BCUT2D eigenvalue weighted by molar-refractivity contribution is 0.146. The largest absolute Gasteiger partial charge is 0.491 e. The van der Waals surface area contributed by atoms with E-state index >= 15 is 0 Å². The second kappa shape index (κ2) is 9.57. The first kappa shape index (κ1) is 17.8. The molecule has 0 amide bonds. The number of nitrogens with two attached hydrogens (primary N) is 1. The van der Waals surface area contributed by atoms with Gasteiger partial charge in [-0.2, -0.15) is 0 Å². The average molecular weight is 327 g/mol. The summed E-state index contributed by atoms with van der Waals surface area (Å²) in [5.74, 6) is 1.23. The molecule has 2 aromatic carbocycles. The van der Waals surface area contributed by atoms with E-state index in [9.17, 15) is 0 Å². The van der Waals surface area contributed by atoms with Gasteiger partial charge in [-0.3, -0.25) is 0 Å². The van der Waals surface area contributed by atoms with Crippen LogP contribution in [0, 0.1) is 0 Å². The number of hydrogen-bond acceptors (Lipinski definition) is 3. The van der Waals surface area contributed by atoms with Gasteiger partial charge in [-0.1, -0.05) is 31.2 Å². The molecule has 5 heteroatoms. The fraction of sp³-hybridized carbons (Fsp3) is 0.316. The Morgan fingerprint density at radius 1 is 1.08 bits per heavy atom. The fourth-order valence-corrected chi connectivity index (χ4v) is 2.17. The van der Waals surface area contributed by atoms with Crippen LogP contribution in [-0.4, -0.2) is 26.3 Å². The van der Waals surface area contributed by atoms with Crippen LogP contribution in [0.25, 0.3) is 0 Å². The van der Waals surface area contributed by atoms with Gasteiger partial charge < -0.3 is 20.5 Å². The third-order valence-electron chi connectivity index (χ3n) is 3.52. The van der Waals surface area contributed by atoms with Crippen LogP contribution in [0.4, 0.5) is 5.69 Å². The van der Waals surface area contributed by atoms with Gasteiger partial charge in [0.25, 0.3) is 0 Å². The summed E-state index contributed by atoms with van der Waals surface area (Å²) in [6.07, 6.45) is 0.991. The van der Waals surface area contributed by atoms with E-state index in [0.29, 0.717) is 25.7 Å². The van der Waals surface area contributed by atoms with Crippen molar-refractivity contribution in [3.63, 3.8) is 0 Å². The maximum Gasteiger partial charge on any atom is 0.193 e. The highest BCUT2D eigenvalue weighted by Crippen LogP contribution is 2.13. The van der Waals surface area contributed by atoms with E-state index in [0.717, 1.165) is 23.4 Å². The number of rotatable bonds is 8. The molecule has 24 heavy (non-hydrogen) atoms. The van der Waals surface area contributed by atoms with Gasteiger partial charge in [0.15, 0.2) is 5.96 Å². The van der Waals surface area contributed by atoms with E-state index in [1.807, 2.05) is 36.4 Å². The third-order valence-corrected chi connectivity index (χ3v) is 3.52. The van der Waals surface area contributed by atoms with Gasteiger partial charge in [-0.15, -0.1) is 0 Å². The second-order valence-corrected chi connectivity index (χ2v) is 5.37. The number of aryl methyl sites for hydroxylation is 1. The lowest BCUT2D eigenvalue weighted by Crippen LogP contribution is -2.22. The zero-order valence-corrected chi connectivity index (χ0v) is 14.3. The molecule has 3 N–H and O–H groups in total. The Morgan fingerprint density at radius 3 is 2.58 bits per heavy atom. The number of nitrogens with one attached hydrogen (secondary N) is 1. The molecule has 2 rings (SSSR count). The Bertz CT molecular complexity index is 654. The molecule has 0 saturated carbocycles. The average Bonchev–Trinajstić information content (AvgIpc) is 2.61. The van der Waals surface area contributed by atoms with E-state index < -0.39 is 0 Å². The van der Waals surface area contributed by atoms with E-state index in [4.69, 9.17) is 15.2 Å². The standard InChI is InChI=1S/C19H25N3O2/c1-3-15-5-4-6-17(13-15)22-19(20)21-14-16-7-9-18(10-8-16)24-12-11-23-2/h4-10,13H,3,11-12,14H2,1-2H3,(H3,20,21,22). The second-order valence-electron chi connectivity index (χ2n) is 5.37. The van der Waals surface area contributed by atoms with Gasteiger partial charge in [-0.05, 0) is 41.8 Å². The highest BCUT2D eigenvalue weighted by molar-refractivity contribution is 5.92. The maximum absolute atomic E-state index is 5.96. The predicted octanol–water partition coefficient (Wildman–Crippen LogP) is 3.20. The molecule has 0 heterocycles. The zero-order chi connectivity index (χ0) is 17.2. The smallest absolute Gasteiger partial charge is 0.193 e. The first-order chi connectivity index (χ1) is 11.7. The molecule has 2 aromatic rings. The molecule has 0 fully saturated rings. The summed E-state index contributed by atoms with van der Waals surface area (Å²) >= 11 is 0. The molecule has 0 aliphatic heterocycles. The molecule has 0 aliphatic rings. The molecule has 0 unspecified atom stereocenters. The number of hydrogen-bond donors (Lipinski definition) is 2. The lowest BCUT2D eigenvalue weighted by atomic mass is 10.1. The van der Waals surface area contributed by atoms with Crippen LogP contribution in [0.3, 0.4) is 0 Å². The van der Waals surface area contributed by atoms with Crippen LogP contribution in [-0.2, 0) is 17.7 Å². The summed E-state index contributed by atoms with van der Waals surface area (Å²) in [5.41, 5.74) is 9.24.